The summed E-state index contributed by atoms with van der Waals surface area (Å²) in [5.41, 5.74) is 1.69. The number of anilines is 1. The number of ether oxygens (including phenoxy) is 1. The largest absolute Gasteiger partial charge is 0.503 e. The van der Waals surface area contributed by atoms with Gasteiger partial charge in [0.25, 0.3) is 0 Å². The molecule has 0 spiro atoms. The lowest BCUT2D eigenvalue weighted by Crippen LogP contribution is -2.01. The molecule has 3 nitrogen and oxygen atoms in total. The van der Waals surface area contributed by atoms with Crippen molar-refractivity contribution in [2.75, 3.05) is 12.4 Å². The van der Waals surface area contributed by atoms with Gasteiger partial charge in [0.1, 0.15) is 0 Å². The fourth-order valence-electron chi connectivity index (χ4n) is 1.72. The van der Waals surface area contributed by atoms with Gasteiger partial charge in [-0.25, -0.2) is 0 Å². The Kier molecular flexibility index (Phi) is 5.02. The van der Waals surface area contributed by atoms with Gasteiger partial charge >= 0.3 is 0 Å². The third-order valence-electron chi connectivity index (χ3n) is 2.74. The van der Waals surface area contributed by atoms with Gasteiger partial charge in [0, 0.05) is 6.54 Å². The number of hydrogen-bond donors (Lipinski definition) is 2. The Balaban J connectivity index is 2.19. The van der Waals surface area contributed by atoms with Crippen LogP contribution < -0.4 is 10.1 Å². The van der Waals surface area contributed by atoms with Gasteiger partial charge in [-0.2, -0.15) is 0 Å². The number of nitrogens with one attached hydrogen (secondary N) is 1. The normalized spacial score (nSPS) is 10.4. The molecule has 0 saturated carbocycles. The third kappa shape index (κ3) is 3.32. The van der Waals surface area contributed by atoms with E-state index in [1.54, 1.807) is 12.1 Å². The van der Waals surface area contributed by atoms with Crippen molar-refractivity contribution >= 4 is 44.8 Å². The molecule has 2 aromatic rings. The Morgan fingerprint density at radius 3 is 2.75 bits per heavy atom. The molecule has 0 aliphatic rings. The summed E-state index contributed by atoms with van der Waals surface area (Å²) < 4.78 is 5.68. The summed E-state index contributed by atoms with van der Waals surface area (Å²) in [5.74, 6) is 0.491. The molecule has 0 bridgehead atoms. The van der Waals surface area contributed by atoms with Gasteiger partial charge in [0.05, 0.1) is 27.3 Å². The van der Waals surface area contributed by atoms with Crippen molar-refractivity contribution in [1.82, 2.24) is 0 Å². The maximum Gasteiger partial charge on any atom is 0.172 e. The third-order valence-corrected chi connectivity index (χ3v) is 4.17. The highest BCUT2D eigenvalue weighted by Gasteiger charge is 2.09. The Bertz CT molecular complexity index is 635. The predicted octanol–water partition coefficient (Wildman–Crippen LogP) is 5.08. The number of phenols is 1. The molecule has 0 radical (unpaired) electrons. The van der Waals surface area contributed by atoms with E-state index in [1.807, 2.05) is 18.2 Å². The van der Waals surface area contributed by atoms with E-state index in [-0.39, 0.29) is 5.75 Å². The van der Waals surface area contributed by atoms with Crippen LogP contribution in [0.25, 0.3) is 0 Å². The van der Waals surface area contributed by atoms with Crippen LogP contribution in [0, 0.1) is 0 Å². The lowest BCUT2D eigenvalue weighted by molar-refractivity contribution is 0.371. The second kappa shape index (κ2) is 6.57. The minimum Gasteiger partial charge on any atom is -0.503 e. The van der Waals surface area contributed by atoms with Crippen LogP contribution in [0.2, 0.25) is 10.0 Å². The Morgan fingerprint density at radius 1 is 1.30 bits per heavy atom. The Labute approximate surface area is 135 Å². The predicted molar refractivity (Wildman–Crippen MR) is 86.1 cm³/mol. The van der Waals surface area contributed by atoms with E-state index in [9.17, 15) is 5.11 Å². The molecule has 0 aliphatic carbocycles. The zero-order chi connectivity index (χ0) is 14.7. The van der Waals surface area contributed by atoms with Crippen molar-refractivity contribution in [3.8, 4) is 11.5 Å². The zero-order valence-corrected chi connectivity index (χ0v) is 13.7. The van der Waals surface area contributed by atoms with Crippen LogP contribution in [0.3, 0.4) is 0 Å². The number of hydrogen-bond acceptors (Lipinski definition) is 3. The van der Waals surface area contributed by atoms with Gasteiger partial charge in [-0.1, -0.05) is 29.3 Å². The second-order valence-electron chi connectivity index (χ2n) is 4.08. The molecule has 6 heteroatoms. The van der Waals surface area contributed by atoms with Crippen LogP contribution in [0.1, 0.15) is 5.56 Å². The average Bonchev–Trinajstić information content (AvgIpc) is 2.44. The molecule has 20 heavy (non-hydrogen) atoms. The molecule has 0 unspecified atom stereocenters. The van der Waals surface area contributed by atoms with Crippen LogP contribution in [0.15, 0.2) is 34.8 Å². The first-order valence-electron chi connectivity index (χ1n) is 5.76. The van der Waals surface area contributed by atoms with Crippen molar-refractivity contribution < 1.29 is 9.84 Å². The highest BCUT2D eigenvalue weighted by atomic mass is 79.9. The quantitative estimate of drug-likeness (QED) is 0.781. The van der Waals surface area contributed by atoms with Crippen molar-refractivity contribution in [1.29, 1.82) is 0 Å². The fraction of sp³-hybridized carbons (Fsp3) is 0.143. The second-order valence-corrected chi connectivity index (χ2v) is 5.72. The summed E-state index contributed by atoms with van der Waals surface area (Å²) in [7, 11) is 1.51. The molecular weight excluding hydrogens is 365 g/mol. The standard InChI is InChI=1S/C14H12BrCl2NO2/c1-20-12-6-8(5-9(15)14(12)19)7-18-11-4-2-3-10(16)13(11)17/h2-6,18-19H,7H2,1H3. The Morgan fingerprint density at radius 2 is 2.05 bits per heavy atom. The summed E-state index contributed by atoms with van der Waals surface area (Å²) in [6.45, 7) is 0.523. The number of benzene rings is 2. The average molecular weight is 377 g/mol. The highest BCUT2D eigenvalue weighted by molar-refractivity contribution is 9.10. The molecule has 2 rings (SSSR count). The molecule has 106 valence electrons. The van der Waals surface area contributed by atoms with Gasteiger partial charge in [-0.3, -0.25) is 0 Å². The first-order chi connectivity index (χ1) is 9.52. The van der Waals surface area contributed by atoms with Gasteiger partial charge in [-0.15, -0.1) is 0 Å². The van der Waals surface area contributed by atoms with Crippen molar-refractivity contribution in [2.24, 2.45) is 0 Å². The number of methoxy groups -OCH3 is 1. The molecule has 0 heterocycles. The maximum absolute atomic E-state index is 9.76. The first kappa shape index (κ1) is 15.3. The van der Waals surface area contributed by atoms with E-state index >= 15 is 0 Å². The number of aromatic hydroxyl groups is 1. The summed E-state index contributed by atoms with van der Waals surface area (Å²) in [6.07, 6.45) is 0. The van der Waals surface area contributed by atoms with Crippen molar-refractivity contribution in [2.45, 2.75) is 6.54 Å². The molecule has 0 fully saturated rings. The van der Waals surface area contributed by atoms with Gasteiger partial charge < -0.3 is 15.2 Å². The monoisotopic (exact) mass is 375 g/mol. The maximum atomic E-state index is 9.76. The molecule has 0 saturated heterocycles. The van der Waals surface area contributed by atoms with E-state index in [2.05, 4.69) is 21.2 Å². The van der Waals surface area contributed by atoms with Crippen LogP contribution in [0.4, 0.5) is 5.69 Å². The molecule has 0 aromatic heterocycles. The van der Waals surface area contributed by atoms with E-state index in [4.69, 9.17) is 27.9 Å². The van der Waals surface area contributed by atoms with Crippen LogP contribution in [-0.2, 0) is 6.54 Å². The van der Waals surface area contributed by atoms with Crippen LogP contribution in [0.5, 0.6) is 11.5 Å². The summed E-state index contributed by atoms with van der Waals surface area (Å²) in [4.78, 5) is 0. The minimum atomic E-state index is 0.0806. The molecule has 0 aliphatic heterocycles. The van der Waals surface area contributed by atoms with Gasteiger partial charge in [-0.05, 0) is 45.8 Å². The molecular formula is C14H12BrCl2NO2. The molecule has 2 aromatic carbocycles. The van der Waals surface area contributed by atoms with Crippen molar-refractivity contribution in [3.05, 3.63) is 50.4 Å². The fourth-order valence-corrected chi connectivity index (χ4v) is 2.58. The highest BCUT2D eigenvalue weighted by Crippen LogP contribution is 2.36. The lowest BCUT2D eigenvalue weighted by atomic mass is 10.2. The molecule has 0 amide bonds. The summed E-state index contributed by atoms with van der Waals surface area (Å²) in [6, 6.07) is 8.97. The molecule has 2 N–H and O–H groups in total. The summed E-state index contributed by atoms with van der Waals surface area (Å²) in [5, 5.41) is 13.9. The van der Waals surface area contributed by atoms with Crippen molar-refractivity contribution in [3.63, 3.8) is 0 Å². The smallest absolute Gasteiger partial charge is 0.172 e. The van der Waals surface area contributed by atoms with Gasteiger partial charge in [0.15, 0.2) is 11.5 Å². The van der Waals surface area contributed by atoms with E-state index in [0.717, 1.165) is 11.3 Å². The Hall–Kier alpha value is -1.10. The van der Waals surface area contributed by atoms with E-state index in [1.165, 1.54) is 7.11 Å². The van der Waals surface area contributed by atoms with Crippen LogP contribution >= 0.6 is 39.1 Å². The van der Waals surface area contributed by atoms with E-state index < -0.39 is 0 Å². The first-order valence-corrected chi connectivity index (χ1v) is 7.31. The lowest BCUT2D eigenvalue weighted by Gasteiger charge is -2.12. The topological polar surface area (TPSA) is 41.5 Å². The number of phenolic OH excluding ortho intramolecular Hbond substituents is 1. The number of rotatable bonds is 4. The SMILES string of the molecule is COc1cc(CNc2cccc(Cl)c2Cl)cc(Br)c1O. The minimum absolute atomic E-state index is 0.0806. The van der Waals surface area contributed by atoms with E-state index in [0.29, 0.717) is 26.8 Å². The zero-order valence-electron chi connectivity index (χ0n) is 10.6. The van der Waals surface area contributed by atoms with Gasteiger partial charge in [0.2, 0.25) is 0 Å². The molecule has 0 atom stereocenters. The number of halogens is 3. The van der Waals surface area contributed by atoms with Crippen LogP contribution in [-0.4, -0.2) is 12.2 Å². The summed E-state index contributed by atoms with van der Waals surface area (Å²) >= 11 is 15.3.